The molecule has 0 aliphatic carbocycles. The average Bonchev–Trinajstić information content (AvgIpc) is 2.71. The lowest BCUT2D eigenvalue weighted by molar-refractivity contribution is -0.111. The minimum atomic E-state index is -0.515. The van der Waals surface area contributed by atoms with Crippen molar-refractivity contribution in [3.63, 3.8) is 0 Å². The predicted octanol–water partition coefficient (Wildman–Crippen LogP) is 4.64. The standard InChI is InChI=1S/C24H28N2O4/c1-24(2,3)30-23(28)26-14-13-18-7-5-17(15-19(18)16-26)6-12-22(27)25-20-8-10-21(29-4)11-9-20/h5-12,15H,13-14,16H2,1-4H3,(H,25,27). The number of methoxy groups -OCH3 is 1. The second-order valence-electron chi connectivity index (χ2n) is 8.23. The van der Waals surface area contributed by atoms with Crippen molar-refractivity contribution in [3.05, 3.63) is 65.2 Å². The van der Waals surface area contributed by atoms with Gasteiger partial charge >= 0.3 is 6.09 Å². The van der Waals surface area contributed by atoms with Gasteiger partial charge in [-0.1, -0.05) is 12.1 Å². The van der Waals surface area contributed by atoms with Crippen molar-refractivity contribution in [3.8, 4) is 5.75 Å². The van der Waals surface area contributed by atoms with Crippen molar-refractivity contribution in [2.45, 2.75) is 39.3 Å². The molecule has 2 aromatic carbocycles. The normalized spacial score (nSPS) is 13.7. The van der Waals surface area contributed by atoms with E-state index in [1.54, 1.807) is 42.4 Å². The molecule has 2 amide bonds. The fourth-order valence-electron chi connectivity index (χ4n) is 3.19. The molecule has 0 fully saturated rings. The van der Waals surface area contributed by atoms with E-state index in [9.17, 15) is 9.59 Å². The molecule has 1 N–H and O–H groups in total. The first kappa shape index (κ1) is 21.4. The van der Waals surface area contributed by atoms with Gasteiger partial charge in [-0.3, -0.25) is 4.79 Å². The fraction of sp³-hybridized carbons (Fsp3) is 0.333. The Morgan fingerprint density at radius 3 is 2.47 bits per heavy atom. The highest BCUT2D eigenvalue weighted by Crippen LogP contribution is 2.23. The summed E-state index contributed by atoms with van der Waals surface area (Å²) in [5, 5.41) is 2.82. The zero-order chi connectivity index (χ0) is 21.7. The van der Waals surface area contributed by atoms with Gasteiger partial charge in [0.05, 0.1) is 7.11 Å². The Labute approximate surface area is 177 Å². The number of rotatable bonds is 4. The van der Waals surface area contributed by atoms with Crippen LogP contribution in [0.4, 0.5) is 10.5 Å². The summed E-state index contributed by atoms with van der Waals surface area (Å²) in [6, 6.07) is 13.2. The van der Waals surface area contributed by atoms with E-state index >= 15 is 0 Å². The summed E-state index contributed by atoms with van der Waals surface area (Å²) in [4.78, 5) is 26.3. The second-order valence-corrected chi connectivity index (χ2v) is 8.23. The van der Waals surface area contributed by atoms with Crippen molar-refractivity contribution in [1.29, 1.82) is 0 Å². The number of carbonyl (C=O) groups is 2. The highest BCUT2D eigenvalue weighted by molar-refractivity contribution is 6.01. The van der Waals surface area contributed by atoms with Gasteiger partial charge in [0, 0.05) is 24.9 Å². The molecule has 0 radical (unpaired) electrons. The highest BCUT2D eigenvalue weighted by atomic mass is 16.6. The van der Waals surface area contributed by atoms with Crippen LogP contribution in [-0.4, -0.2) is 36.2 Å². The van der Waals surface area contributed by atoms with E-state index in [1.807, 2.05) is 32.9 Å². The molecule has 2 aromatic rings. The fourth-order valence-corrected chi connectivity index (χ4v) is 3.19. The van der Waals surface area contributed by atoms with Gasteiger partial charge in [0.1, 0.15) is 11.4 Å². The van der Waals surface area contributed by atoms with Crippen LogP contribution in [0.2, 0.25) is 0 Å². The molecule has 0 saturated carbocycles. The maximum Gasteiger partial charge on any atom is 0.410 e. The average molecular weight is 408 g/mol. The molecule has 0 unspecified atom stereocenters. The minimum Gasteiger partial charge on any atom is -0.497 e. The Kier molecular flexibility index (Phi) is 6.45. The number of benzene rings is 2. The summed E-state index contributed by atoms with van der Waals surface area (Å²) in [6.45, 7) is 6.74. The van der Waals surface area contributed by atoms with E-state index < -0.39 is 5.60 Å². The number of nitrogens with zero attached hydrogens (tertiary/aromatic N) is 1. The largest absolute Gasteiger partial charge is 0.497 e. The van der Waals surface area contributed by atoms with E-state index in [4.69, 9.17) is 9.47 Å². The van der Waals surface area contributed by atoms with E-state index in [0.717, 1.165) is 23.3 Å². The highest BCUT2D eigenvalue weighted by Gasteiger charge is 2.25. The van der Waals surface area contributed by atoms with Crippen molar-refractivity contribution >= 4 is 23.8 Å². The molecule has 3 rings (SSSR count). The molecule has 6 nitrogen and oxygen atoms in total. The second kappa shape index (κ2) is 9.03. The quantitative estimate of drug-likeness (QED) is 0.749. The summed E-state index contributed by atoms with van der Waals surface area (Å²) in [6.07, 6.45) is 3.76. The number of carbonyl (C=O) groups excluding carboxylic acids is 2. The molecule has 30 heavy (non-hydrogen) atoms. The molecule has 158 valence electrons. The molecular weight excluding hydrogens is 380 g/mol. The van der Waals surface area contributed by atoms with Gasteiger partial charge in [0.15, 0.2) is 0 Å². The molecular formula is C24H28N2O4. The number of nitrogens with one attached hydrogen (secondary N) is 1. The Hall–Kier alpha value is -3.28. The van der Waals surface area contributed by atoms with Gasteiger partial charge in [-0.25, -0.2) is 4.79 Å². The lowest BCUT2D eigenvalue weighted by Crippen LogP contribution is -2.39. The lowest BCUT2D eigenvalue weighted by atomic mass is 9.97. The summed E-state index contributed by atoms with van der Waals surface area (Å²) >= 11 is 0. The van der Waals surface area contributed by atoms with Crippen LogP contribution in [0.5, 0.6) is 5.75 Å². The first-order valence-electron chi connectivity index (χ1n) is 9.96. The van der Waals surface area contributed by atoms with Crippen LogP contribution in [0.1, 0.15) is 37.5 Å². The van der Waals surface area contributed by atoms with Gasteiger partial charge in [-0.15, -0.1) is 0 Å². The number of ether oxygens (including phenoxy) is 2. The van der Waals surface area contributed by atoms with E-state index in [2.05, 4.69) is 11.4 Å². The van der Waals surface area contributed by atoms with Gasteiger partial charge in [0.2, 0.25) is 5.91 Å². The van der Waals surface area contributed by atoms with Crippen LogP contribution in [0, 0.1) is 0 Å². The van der Waals surface area contributed by atoms with E-state index in [-0.39, 0.29) is 12.0 Å². The zero-order valence-corrected chi connectivity index (χ0v) is 17.9. The Balaban J connectivity index is 1.63. The minimum absolute atomic E-state index is 0.215. The number of hydrogen-bond acceptors (Lipinski definition) is 4. The van der Waals surface area contributed by atoms with Crippen molar-refractivity contribution in [2.75, 3.05) is 19.0 Å². The SMILES string of the molecule is COc1ccc(NC(=O)C=Cc2ccc3c(c2)CN(C(=O)OC(C)(C)C)CC3)cc1. The monoisotopic (exact) mass is 408 g/mol. The molecule has 0 aromatic heterocycles. The van der Waals surface area contributed by atoms with Crippen molar-refractivity contribution < 1.29 is 19.1 Å². The van der Waals surface area contributed by atoms with E-state index in [1.165, 1.54) is 11.6 Å². The molecule has 1 aliphatic rings. The molecule has 0 spiro atoms. The van der Waals surface area contributed by atoms with Crippen LogP contribution >= 0.6 is 0 Å². The molecule has 6 heteroatoms. The summed E-state index contributed by atoms with van der Waals surface area (Å²) in [5.74, 6) is 0.520. The first-order chi connectivity index (χ1) is 14.2. The Bertz CT molecular complexity index is 943. The topological polar surface area (TPSA) is 67.9 Å². The van der Waals surface area contributed by atoms with Gasteiger partial charge in [-0.2, -0.15) is 0 Å². The third-order valence-electron chi connectivity index (χ3n) is 4.68. The summed E-state index contributed by atoms with van der Waals surface area (Å²) < 4.78 is 10.6. The van der Waals surface area contributed by atoms with Crippen LogP contribution in [0.25, 0.3) is 6.08 Å². The van der Waals surface area contributed by atoms with Crippen LogP contribution in [0.15, 0.2) is 48.5 Å². The van der Waals surface area contributed by atoms with E-state index in [0.29, 0.717) is 18.8 Å². The third kappa shape index (κ3) is 5.86. The zero-order valence-electron chi connectivity index (χ0n) is 17.9. The Morgan fingerprint density at radius 2 is 1.80 bits per heavy atom. The number of anilines is 1. The molecule has 0 atom stereocenters. The summed E-state index contributed by atoms with van der Waals surface area (Å²) in [5.41, 5.74) is 3.38. The van der Waals surface area contributed by atoms with Crippen molar-refractivity contribution in [1.82, 2.24) is 4.90 Å². The molecule has 0 bridgehead atoms. The molecule has 1 heterocycles. The Morgan fingerprint density at radius 1 is 1.07 bits per heavy atom. The van der Waals surface area contributed by atoms with Gasteiger partial charge in [-0.05, 0) is 80.3 Å². The maximum absolute atomic E-state index is 12.4. The number of hydrogen-bond donors (Lipinski definition) is 1. The number of amides is 2. The van der Waals surface area contributed by atoms with Crippen LogP contribution in [0.3, 0.4) is 0 Å². The molecule has 0 saturated heterocycles. The predicted molar refractivity (Wildman–Crippen MR) is 117 cm³/mol. The van der Waals surface area contributed by atoms with Gasteiger partial charge < -0.3 is 19.7 Å². The molecule has 1 aliphatic heterocycles. The first-order valence-corrected chi connectivity index (χ1v) is 9.96. The lowest BCUT2D eigenvalue weighted by Gasteiger charge is -2.31. The van der Waals surface area contributed by atoms with Crippen LogP contribution < -0.4 is 10.1 Å². The summed E-state index contributed by atoms with van der Waals surface area (Å²) in [7, 11) is 1.60. The number of fused-ring (bicyclic) bond motifs is 1. The van der Waals surface area contributed by atoms with Crippen LogP contribution in [-0.2, 0) is 22.5 Å². The third-order valence-corrected chi connectivity index (χ3v) is 4.68. The maximum atomic E-state index is 12.4. The van der Waals surface area contributed by atoms with Crippen molar-refractivity contribution in [2.24, 2.45) is 0 Å². The smallest absolute Gasteiger partial charge is 0.410 e. The van der Waals surface area contributed by atoms with Gasteiger partial charge in [0.25, 0.3) is 0 Å².